The summed E-state index contributed by atoms with van der Waals surface area (Å²) in [6.07, 6.45) is 2.74. The lowest BCUT2D eigenvalue weighted by atomic mass is 10.0. The van der Waals surface area contributed by atoms with E-state index in [2.05, 4.69) is 28.1 Å². The summed E-state index contributed by atoms with van der Waals surface area (Å²) in [4.78, 5) is 14.0. The summed E-state index contributed by atoms with van der Waals surface area (Å²) in [5.41, 5.74) is 7.27. The summed E-state index contributed by atoms with van der Waals surface area (Å²) < 4.78 is 1.05. The minimum Gasteiger partial charge on any atom is -0.331 e. The van der Waals surface area contributed by atoms with Crippen LogP contribution in [-0.2, 0) is 4.79 Å². The molecule has 1 aromatic rings. The fourth-order valence-corrected chi connectivity index (χ4v) is 2.90. The van der Waals surface area contributed by atoms with E-state index in [0.29, 0.717) is 12.5 Å². The number of carbonyl (C=O) groups excluding carboxylic acids is 1. The molecular weight excluding hydrogens is 280 g/mol. The van der Waals surface area contributed by atoms with Gasteiger partial charge in [0.1, 0.15) is 0 Å². The first kappa shape index (κ1) is 11.2. The Morgan fingerprint density at radius 2 is 1.88 bits per heavy atom. The molecule has 90 valence electrons. The Hall–Kier alpha value is -0.870. The number of carbonyl (C=O) groups is 1. The molecule has 1 aliphatic carbocycles. The van der Waals surface area contributed by atoms with Gasteiger partial charge in [-0.2, -0.15) is 0 Å². The molecule has 0 bridgehead atoms. The quantitative estimate of drug-likeness (QED) is 0.909. The van der Waals surface area contributed by atoms with Gasteiger partial charge in [0.15, 0.2) is 0 Å². The van der Waals surface area contributed by atoms with Crippen molar-refractivity contribution in [1.82, 2.24) is 4.90 Å². The number of hydrogen-bond acceptors (Lipinski definition) is 2. The number of hydrogen-bond donors (Lipinski definition) is 1. The van der Waals surface area contributed by atoms with Gasteiger partial charge in [0, 0.05) is 23.0 Å². The Labute approximate surface area is 109 Å². The highest BCUT2D eigenvalue weighted by atomic mass is 79.9. The monoisotopic (exact) mass is 294 g/mol. The Balaban J connectivity index is 1.93. The van der Waals surface area contributed by atoms with E-state index in [1.807, 2.05) is 17.0 Å². The predicted molar refractivity (Wildman–Crippen MR) is 69.3 cm³/mol. The first-order valence-corrected chi connectivity index (χ1v) is 6.78. The zero-order valence-corrected chi connectivity index (χ0v) is 11.1. The number of benzene rings is 1. The van der Waals surface area contributed by atoms with Crippen molar-refractivity contribution in [3.05, 3.63) is 34.3 Å². The van der Waals surface area contributed by atoms with Crippen molar-refractivity contribution in [3.63, 3.8) is 0 Å². The largest absolute Gasteiger partial charge is 0.331 e. The second kappa shape index (κ2) is 4.10. The van der Waals surface area contributed by atoms with Crippen molar-refractivity contribution in [2.24, 2.45) is 5.73 Å². The normalized spacial score (nSPS) is 28.8. The minimum absolute atomic E-state index is 0.0655. The van der Waals surface area contributed by atoms with E-state index < -0.39 is 0 Å². The van der Waals surface area contributed by atoms with Gasteiger partial charge >= 0.3 is 0 Å². The van der Waals surface area contributed by atoms with Gasteiger partial charge in [0.25, 0.3) is 0 Å². The van der Waals surface area contributed by atoms with Crippen LogP contribution in [0.3, 0.4) is 0 Å². The molecule has 2 aliphatic rings. The van der Waals surface area contributed by atoms with Gasteiger partial charge in [-0.15, -0.1) is 0 Å². The van der Waals surface area contributed by atoms with Crippen molar-refractivity contribution in [2.75, 3.05) is 0 Å². The van der Waals surface area contributed by atoms with E-state index in [4.69, 9.17) is 5.73 Å². The molecule has 0 radical (unpaired) electrons. The van der Waals surface area contributed by atoms with Crippen LogP contribution in [0.15, 0.2) is 28.7 Å². The molecule has 1 saturated heterocycles. The van der Waals surface area contributed by atoms with E-state index in [9.17, 15) is 4.79 Å². The van der Waals surface area contributed by atoms with E-state index in [1.54, 1.807) is 0 Å². The molecule has 2 fully saturated rings. The Bertz CT molecular complexity index is 441. The Kier molecular flexibility index (Phi) is 2.71. The second-order valence-corrected chi connectivity index (χ2v) is 5.81. The van der Waals surface area contributed by atoms with Crippen molar-refractivity contribution < 1.29 is 4.79 Å². The van der Waals surface area contributed by atoms with Crippen LogP contribution in [-0.4, -0.2) is 22.9 Å². The van der Waals surface area contributed by atoms with Crippen LogP contribution >= 0.6 is 15.9 Å². The lowest BCUT2D eigenvalue weighted by Crippen LogP contribution is -2.34. The fraction of sp³-hybridized carbons (Fsp3) is 0.462. The smallest absolute Gasteiger partial charge is 0.225 e. The number of likely N-dealkylation sites (tertiary alicyclic amines) is 1. The van der Waals surface area contributed by atoms with E-state index in [0.717, 1.165) is 22.9 Å². The minimum atomic E-state index is -0.0655. The molecule has 3 rings (SSSR count). The lowest BCUT2D eigenvalue weighted by Gasteiger charge is -2.27. The molecule has 0 spiro atoms. The fourth-order valence-electron chi connectivity index (χ4n) is 2.63. The van der Waals surface area contributed by atoms with E-state index in [1.165, 1.54) is 0 Å². The van der Waals surface area contributed by atoms with Gasteiger partial charge in [0.05, 0.1) is 6.04 Å². The van der Waals surface area contributed by atoms with Crippen LogP contribution in [0, 0.1) is 0 Å². The van der Waals surface area contributed by atoms with Crippen LogP contribution in [0.1, 0.15) is 30.9 Å². The molecule has 2 atom stereocenters. The summed E-state index contributed by atoms with van der Waals surface area (Å²) >= 11 is 3.43. The highest BCUT2D eigenvalue weighted by molar-refractivity contribution is 9.10. The standard InChI is InChI=1S/C13H15BrN2O/c14-9-3-1-8(2-4-9)13-11(15)7-12(17)16(13)10-5-6-10/h1-4,10-11,13H,5-7,15H2. The molecule has 2 N–H and O–H groups in total. The van der Waals surface area contributed by atoms with Crippen LogP contribution in [0.5, 0.6) is 0 Å². The first-order valence-electron chi connectivity index (χ1n) is 5.99. The molecule has 3 nitrogen and oxygen atoms in total. The average molecular weight is 295 g/mol. The highest BCUT2D eigenvalue weighted by Gasteiger charge is 2.45. The third-order valence-electron chi connectivity index (χ3n) is 3.56. The van der Waals surface area contributed by atoms with Crippen molar-refractivity contribution >= 4 is 21.8 Å². The van der Waals surface area contributed by atoms with E-state index in [-0.39, 0.29) is 18.0 Å². The van der Waals surface area contributed by atoms with Crippen LogP contribution in [0.25, 0.3) is 0 Å². The van der Waals surface area contributed by atoms with Gasteiger partial charge in [-0.3, -0.25) is 4.79 Å². The molecular formula is C13H15BrN2O. The van der Waals surface area contributed by atoms with Crippen LogP contribution in [0.4, 0.5) is 0 Å². The number of amides is 1. The molecule has 1 aliphatic heterocycles. The number of rotatable bonds is 2. The van der Waals surface area contributed by atoms with Crippen molar-refractivity contribution in [2.45, 2.75) is 37.4 Å². The first-order chi connectivity index (χ1) is 8.16. The summed E-state index contributed by atoms with van der Waals surface area (Å²) in [6, 6.07) is 8.58. The summed E-state index contributed by atoms with van der Waals surface area (Å²) in [5.74, 6) is 0.216. The zero-order chi connectivity index (χ0) is 12.0. The third kappa shape index (κ3) is 2.00. The highest BCUT2D eigenvalue weighted by Crippen LogP contribution is 2.41. The predicted octanol–water partition coefficient (Wildman–Crippen LogP) is 2.21. The molecule has 2 unspecified atom stereocenters. The maximum Gasteiger partial charge on any atom is 0.225 e. The second-order valence-electron chi connectivity index (χ2n) is 4.90. The van der Waals surface area contributed by atoms with E-state index >= 15 is 0 Å². The number of nitrogens with two attached hydrogens (primary N) is 1. The molecule has 1 aromatic carbocycles. The Morgan fingerprint density at radius 1 is 1.24 bits per heavy atom. The number of halogens is 1. The van der Waals surface area contributed by atoms with Crippen molar-refractivity contribution in [1.29, 1.82) is 0 Å². The topological polar surface area (TPSA) is 46.3 Å². The molecule has 17 heavy (non-hydrogen) atoms. The van der Waals surface area contributed by atoms with Crippen molar-refractivity contribution in [3.8, 4) is 0 Å². The average Bonchev–Trinajstić information content (AvgIpc) is 3.07. The SMILES string of the molecule is NC1CC(=O)N(C2CC2)C1c1ccc(Br)cc1. The van der Waals surface area contributed by atoms with Crippen LogP contribution < -0.4 is 5.73 Å². The molecule has 1 amide bonds. The van der Waals surface area contributed by atoms with Crippen LogP contribution in [0.2, 0.25) is 0 Å². The maximum absolute atomic E-state index is 12.0. The number of nitrogens with zero attached hydrogens (tertiary/aromatic N) is 1. The zero-order valence-electron chi connectivity index (χ0n) is 9.47. The Morgan fingerprint density at radius 3 is 2.47 bits per heavy atom. The summed E-state index contributed by atoms with van der Waals surface area (Å²) in [7, 11) is 0. The molecule has 0 aromatic heterocycles. The molecule has 1 heterocycles. The summed E-state index contributed by atoms with van der Waals surface area (Å²) in [5, 5.41) is 0. The van der Waals surface area contributed by atoms with Gasteiger partial charge < -0.3 is 10.6 Å². The maximum atomic E-state index is 12.0. The van der Waals surface area contributed by atoms with Gasteiger partial charge in [-0.1, -0.05) is 28.1 Å². The molecule has 1 saturated carbocycles. The molecule has 4 heteroatoms. The lowest BCUT2D eigenvalue weighted by molar-refractivity contribution is -0.129. The van der Waals surface area contributed by atoms with Gasteiger partial charge in [-0.25, -0.2) is 0 Å². The summed E-state index contributed by atoms with van der Waals surface area (Å²) in [6.45, 7) is 0. The third-order valence-corrected chi connectivity index (χ3v) is 4.08. The van der Waals surface area contributed by atoms with Gasteiger partial charge in [0.2, 0.25) is 5.91 Å². The van der Waals surface area contributed by atoms with Gasteiger partial charge in [-0.05, 0) is 30.5 Å².